The van der Waals surface area contributed by atoms with Crippen LogP contribution in [0.1, 0.15) is 12.8 Å². The maximum absolute atomic E-state index is 11.9. The predicted octanol–water partition coefficient (Wildman–Crippen LogP) is 0.939. The summed E-state index contributed by atoms with van der Waals surface area (Å²) in [6, 6.07) is 5.41. The summed E-state index contributed by atoms with van der Waals surface area (Å²) in [5.41, 5.74) is 6.86. The van der Waals surface area contributed by atoms with Crippen LogP contribution in [0.5, 0.6) is 5.75 Å². The largest absolute Gasteiger partial charge is 0.479 e. The molecule has 2 aromatic rings. The van der Waals surface area contributed by atoms with Crippen molar-refractivity contribution in [1.29, 1.82) is 0 Å². The lowest BCUT2D eigenvalue weighted by molar-refractivity contribution is -0.125. The van der Waals surface area contributed by atoms with E-state index in [1.165, 1.54) is 0 Å². The molecule has 1 aromatic carbocycles. The summed E-state index contributed by atoms with van der Waals surface area (Å²) >= 11 is 0. The average Bonchev–Trinajstić information content (AvgIpc) is 2.93. The first-order valence-corrected chi connectivity index (χ1v) is 6.21. The number of hydrogen-bond acceptors (Lipinski definition) is 6. The van der Waals surface area contributed by atoms with E-state index < -0.39 is 6.10 Å². The number of anilines is 1. The molecule has 0 saturated heterocycles. The number of amides is 1. The van der Waals surface area contributed by atoms with Crippen molar-refractivity contribution < 1.29 is 14.1 Å². The Morgan fingerprint density at radius 3 is 2.95 bits per heavy atom. The first kappa shape index (κ1) is 12.6. The number of benzene rings is 1. The molecular weight excluding hydrogens is 260 g/mol. The molecule has 0 spiro atoms. The number of hydrogen-bond donors (Lipinski definition) is 1. The van der Waals surface area contributed by atoms with Crippen molar-refractivity contribution in [3.8, 4) is 17.1 Å². The number of likely N-dealkylation sites (N-methyl/N-ethyl adjacent to an activating group) is 1. The van der Waals surface area contributed by atoms with Gasteiger partial charge in [-0.1, -0.05) is 5.16 Å². The van der Waals surface area contributed by atoms with E-state index in [1.807, 2.05) is 6.07 Å². The van der Waals surface area contributed by atoms with Gasteiger partial charge in [-0.05, 0) is 25.1 Å². The molecule has 1 aliphatic heterocycles. The van der Waals surface area contributed by atoms with Crippen molar-refractivity contribution in [1.82, 2.24) is 10.1 Å². The van der Waals surface area contributed by atoms with Crippen LogP contribution in [-0.4, -0.2) is 29.2 Å². The maximum Gasteiger partial charge on any atom is 0.267 e. The van der Waals surface area contributed by atoms with Crippen molar-refractivity contribution >= 4 is 11.6 Å². The molecule has 1 unspecified atom stereocenters. The summed E-state index contributed by atoms with van der Waals surface area (Å²) in [5, 5.41) is 3.85. The molecule has 0 bridgehead atoms. The zero-order valence-corrected chi connectivity index (χ0v) is 11.2. The molecule has 1 atom stereocenters. The third-order valence-electron chi connectivity index (χ3n) is 3.20. The van der Waals surface area contributed by atoms with Crippen LogP contribution >= 0.6 is 0 Å². The summed E-state index contributed by atoms with van der Waals surface area (Å²) in [6.45, 7) is 1.92. The summed E-state index contributed by atoms with van der Waals surface area (Å²) in [4.78, 5) is 17.6. The highest BCUT2D eigenvalue weighted by Gasteiger charge is 2.29. The molecule has 3 rings (SSSR count). The van der Waals surface area contributed by atoms with Crippen LogP contribution in [0.25, 0.3) is 11.4 Å². The van der Waals surface area contributed by atoms with Crippen LogP contribution < -0.4 is 15.4 Å². The van der Waals surface area contributed by atoms with Crippen LogP contribution in [0.3, 0.4) is 0 Å². The Balaban J connectivity index is 2.02. The van der Waals surface area contributed by atoms with Gasteiger partial charge in [0, 0.05) is 12.6 Å². The second-order valence-electron chi connectivity index (χ2n) is 4.56. The summed E-state index contributed by atoms with van der Waals surface area (Å²) in [7, 11) is 1.71. The third-order valence-corrected chi connectivity index (χ3v) is 3.20. The molecule has 104 valence electrons. The van der Waals surface area contributed by atoms with E-state index in [9.17, 15) is 4.79 Å². The molecule has 1 amide bonds. The molecule has 0 aliphatic carbocycles. The minimum atomic E-state index is -0.479. The van der Waals surface area contributed by atoms with Gasteiger partial charge in [0.1, 0.15) is 5.75 Å². The minimum absolute atomic E-state index is 0.0922. The molecular formula is C13H14N4O3. The molecule has 1 aliphatic rings. The van der Waals surface area contributed by atoms with E-state index in [-0.39, 0.29) is 12.5 Å². The van der Waals surface area contributed by atoms with E-state index in [0.29, 0.717) is 23.2 Å². The van der Waals surface area contributed by atoms with Gasteiger partial charge in [-0.3, -0.25) is 4.79 Å². The van der Waals surface area contributed by atoms with E-state index >= 15 is 0 Å². The van der Waals surface area contributed by atoms with Crippen LogP contribution in [0, 0.1) is 0 Å². The smallest absolute Gasteiger partial charge is 0.267 e. The van der Waals surface area contributed by atoms with Gasteiger partial charge < -0.3 is 19.9 Å². The predicted molar refractivity (Wildman–Crippen MR) is 71.1 cm³/mol. The quantitative estimate of drug-likeness (QED) is 0.875. The second-order valence-corrected chi connectivity index (χ2v) is 4.56. The zero-order chi connectivity index (χ0) is 14.3. The Morgan fingerprint density at radius 2 is 2.25 bits per heavy atom. The molecule has 0 saturated carbocycles. The monoisotopic (exact) mass is 274 g/mol. The standard InChI is InChI=1S/C13H14N4O3/c1-7-13(18)17(2)9-5-8(3-4-10(9)19-7)12-15-11(6-14)20-16-12/h3-5,7H,6,14H2,1-2H3. The summed E-state index contributed by atoms with van der Waals surface area (Å²) < 4.78 is 10.5. The molecule has 2 heterocycles. The fourth-order valence-corrected chi connectivity index (χ4v) is 2.11. The Kier molecular flexibility index (Phi) is 2.90. The normalized spacial score (nSPS) is 17.9. The van der Waals surface area contributed by atoms with Crippen molar-refractivity contribution in [2.45, 2.75) is 19.6 Å². The number of fused-ring (bicyclic) bond motifs is 1. The van der Waals surface area contributed by atoms with Crippen molar-refractivity contribution in [2.75, 3.05) is 11.9 Å². The van der Waals surface area contributed by atoms with E-state index in [4.69, 9.17) is 15.0 Å². The highest BCUT2D eigenvalue weighted by Crippen LogP contribution is 2.36. The zero-order valence-electron chi connectivity index (χ0n) is 11.2. The van der Waals surface area contributed by atoms with Crippen LogP contribution in [-0.2, 0) is 11.3 Å². The number of carbonyl (C=O) groups is 1. The van der Waals surface area contributed by atoms with Gasteiger partial charge in [-0.25, -0.2) is 0 Å². The van der Waals surface area contributed by atoms with E-state index in [1.54, 1.807) is 31.0 Å². The average molecular weight is 274 g/mol. The molecule has 1 aromatic heterocycles. The number of carbonyl (C=O) groups excluding carboxylic acids is 1. The summed E-state index contributed by atoms with van der Waals surface area (Å²) in [5.74, 6) is 1.37. The van der Waals surface area contributed by atoms with E-state index in [2.05, 4.69) is 10.1 Å². The summed E-state index contributed by atoms with van der Waals surface area (Å²) in [6.07, 6.45) is -0.479. The van der Waals surface area contributed by atoms with Gasteiger partial charge >= 0.3 is 0 Å². The Labute approximate surface area is 115 Å². The number of nitrogens with two attached hydrogens (primary N) is 1. The fourth-order valence-electron chi connectivity index (χ4n) is 2.11. The lowest BCUT2D eigenvalue weighted by Gasteiger charge is -2.30. The Bertz CT molecular complexity index is 667. The van der Waals surface area contributed by atoms with E-state index in [0.717, 1.165) is 5.56 Å². The fraction of sp³-hybridized carbons (Fsp3) is 0.308. The minimum Gasteiger partial charge on any atom is -0.479 e. The Morgan fingerprint density at radius 1 is 1.45 bits per heavy atom. The van der Waals surface area contributed by atoms with Gasteiger partial charge in [0.15, 0.2) is 6.10 Å². The molecule has 20 heavy (non-hydrogen) atoms. The number of ether oxygens (including phenoxy) is 1. The first-order chi connectivity index (χ1) is 9.60. The van der Waals surface area contributed by atoms with Crippen molar-refractivity contribution in [3.05, 3.63) is 24.1 Å². The lowest BCUT2D eigenvalue weighted by Crippen LogP contribution is -2.41. The van der Waals surface area contributed by atoms with Gasteiger partial charge in [0.2, 0.25) is 11.7 Å². The third kappa shape index (κ3) is 1.92. The first-order valence-electron chi connectivity index (χ1n) is 6.21. The van der Waals surface area contributed by atoms with Gasteiger partial charge in [-0.15, -0.1) is 0 Å². The molecule has 0 fully saturated rings. The van der Waals surface area contributed by atoms with Crippen LogP contribution in [0.2, 0.25) is 0 Å². The van der Waals surface area contributed by atoms with Crippen molar-refractivity contribution in [2.24, 2.45) is 5.73 Å². The second kappa shape index (κ2) is 4.61. The van der Waals surface area contributed by atoms with Gasteiger partial charge in [0.25, 0.3) is 5.91 Å². The topological polar surface area (TPSA) is 94.5 Å². The number of aromatic nitrogens is 2. The highest BCUT2D eigenvalue weighted by molar-refractivity contribution is 5.99. The molecule has 7 heteroatoms. The van der Waals surface area contributed by atoms with Crippen LogP contribution in [0.15, 0.2) is 22.7 Å². The molecule has 2 N–H and O–H groups in total. The SMILES string of the molecule is CC1Oc2ccc(-c3noc(CN)n3)cc2N(C)C1=O. The highest BCUT2D eigenvalue weighted by atomic mass is 16.5. The maximum atomic E-state index is 11.9. The Hall–Kier alpha value is -2.41. The lowest BCUT2D eigenvalue weighted by atomic mass is 10.1. The van der Waals surface area contributed by atoms with Crippen molar-refractivity contribution in [3.63, 3.8) is 0 Å². The molecule has 7 nitrogen and oxygen atoms in total. The number of rotatable bonds is 2. The number of nitrogens with zero attached hydrogens (tertiary/aromatic N) is 3. The molecule has 0 radical (unpaired) electrons. The van der Waals surface area contributed by atoms with Crippen LogP contribution in [0.4, 0.5) is 5.69 Å². The van der Waals surface area contributed by atoms with Gasteiger partial charge in [-0.2, -0.15) is 4.98 Å². The van der Waals surface area contributed by atoms with Gasteiger partial charge in [0.05, 0.1) is 12.2 Å².